The first-order valence-corrected chi connectivity index (χ1v) is 8.15. The molecule has 0 saturated heterocycles. The standard InChI is InChI=1S/C19H23ClN2O2/c1-13-11-15(20)7-10-17(13)22-18(23)21-12-19(2,3)14-5-8-16(24-4)9-6-14/h5-11H,12H2,1-4H3,(H2,21,22,23). The first-order chi connectivity index (χ1) is 11.3. The molecule has 0 aliphatic rings. The van der Waals surface area contributed by atoms with E-state index < -0.39 is 0 Å². The van der Waals surface area contributed by atoms with E-state index in [1.54, 1.807) is 19.2 Å². The van der Waals surface area contributed by atoms with Gasteiger partial charge in [-0.3, -0.25) is 0 Å². The van der Waals surface area contributed by atoms with Crippen LogP contribution in [0.2, 0.25) is 5.02 Å². The molecule has 0 heterocycles. The molecule has 5 heteroatoms. The summed E-state index contributed by atoms with van der Waals surface area (Å²) in [5, 5.41) is 6.43. The summed E-state index contributed by atoms with van der Waals surface area (Å²) in [7, 11) is 1.64. The molecule has 2 aromatic rings. The van der Waals surface area contributed by atoms with Crippen molar-refractivity contribution in [1.29, 1.82) is 0 Å². The van der Waals surface area contributed by atoms with Gasteiger partial charge >= 0.3 is 6.03 Å². The monoisotopic (exact) mass is 346 g/mol. The van der Waals surface area contributed by atoms with Gasteiger partial charge < -0.3 is 15.4 Å². The maximum Gasteiger partial charge on any atom is 0.319 e. The minimum atomic E-state index is -0.234. The van der Waals surface area contributed by atoms with Crippen LogP contribution >= 0.6 is 11.6 Å². The second-order valence-electron chi connectivity index (χ2n) is 6.38. The van der Waals surface area contributed by atoms with Crippen LogP contribution in [0.1, 0.15) is 25.0 Å². The Morgan fingerprint density at radius 1 is 1.17 bits per heavy atom. The molecule has 0 aliphatic carbocycles. The number of aryl methyl sites for hydroxylation is 1. The average molecular weight is 347 g/mol. The molecule has 0 aromatic heterocycles. The topological polar surface area (TPSA) is 50.4 Å². The van der Waals surface area contributed by atoms with Crippen LogP contribution in [0.3, 0.4) is 0 Å². The lowest BCUT2D eigenvalue weighted by molar-refractivity contribution is 0.249. The molecule has 2 rings (SSSR count). The lowest BCUT2D eigenvalue weighted by Crippen LogP contribution is -2.39. The van der Waals surface area contributed by atoms with E-state index in [9.17, 15) is 4.79 Å². The zero-order valence-electron chi connectivity index (χ0n) is 14.4. The third-order valence-electron chi connectivity index (χ3n) is 4.00. The van der Waals surface area contributed by atoms with Crippen molar-refractivity contribution in [2.75, 3.05) is 19.0 Å². The largest absolute Gasteiger partial charge is 0.497 e. The zero-order valence-corrected chi connectivity index (χ0v) is 15.2. The van der Waals surface area contributed by atoms with E-state index in [4.69, 9.17) is 16.3 Å². The number of halogens is 1. The van der Waals surface area contributed by atoms with Gasteiger partial charge in [0.25, 0.3) is 0 Å². The first-order valence-electron chi connectivity index (χ1n) is 7.77. The third kappa shape index (κ3) is 4.65. The minimum absolute atomic E-state index is 0.196. The van der Waals surface area contributed by atoms with Crippen LogP contribution in [0.25, 0.3) is 0 Å². The Morgan fingerprint density at radius 2 is 1.83 bits per heavy atom. The molecule has 128 valence electrons. The van der Waals surface area contributed by atoms with E-state index in [0.29, 0.717) is 11.6 Å². The number of urea groups is 1. The molecule has 0 bridgehead atoms. The summed E-state index contributed by atoms with van der Waals surface area (Å²) >= 11 is 5.93. The molecule has 24 heavy (non-hydrogen) atoms. The number of hydrogen-bond acceptors (Lipinski definition) is 2. The Morgan fingerprint density at radius 3 is 2.42 bits per heavy atom. The zero-order chi connectivity index (χ0) is 17.7. The maximum absolute atomic E-state index is 12.2. The highest BCUT2D eigenvalue weighted by Crippen LogP contribution is 2.25. The second kappa shape index (κ2) is 7.58. The highest BCUT2D eigenvalue weighted by molar-refractivity contribution is 6.30. The van der Waals surface area contributed by atoms with Crippen molar-refractivity contribution in [3.63, 3.8) is 0 Å². The van der Waals surface area contributed by atoms with Crippen LogP contribution in [-0.4, -0.2) is 19.7 Å². The van der Waals surface area contributed by atoms with E-state index in [1.807, 2.05) is 37.3 Å². The first kappa shape index (κ1) is 18.1. The summed E-state index contributed by atoms with van der Waals surface area (Å²) in [5.41, 5.74) is 2.61. The molecule has 4 nitrogen and oxygen atoms in total. The highest BCUT2D eigenvalue weighted by Gasteiger charge is 2.21. The summed E-state index contributed by atoms with van der Waals surface area (Å²) in [5.74, 6) is 0.818. The normalized spacial score (nSPS) is 11.0. The molecule has 0 atom stereocenters. The maximum atomic E-state index is 12.2. The Hall–Kier alpha value is -2.20. The third-order valence-corrected chi connectivity index (χ3v) is 4.23. The van der Waals surface area contributed by atoms with Gasteiger partial charge in [0, 0.05) is 22.7 Å². The van der Waals surface area contributed by atoms with Gasteiger partial charge in [-0.2, -0.15) is 0 Å². The predicted molar refractivity (Wildman–Crippen MR) is 99.2 cm³/mol. The smallest absolute Gasteiger partial charge is 0.319 e. The summed E-state index contributed by atoms with van der Waals surface area (Å²) < 4.78 is 5.18. The fraction of sp³-hybridized carbons (Fsp3) is 0.316. The van der Waals surface area contributed by atoms with Gasteiger partial charge in [0.1, 0.15) is 5.75 Å². The van der Waals surface area contributed by atoms with E-state index in [0.717, 1.165) is 22.6 Å². The number of amides is 2. The highest BCUT2D eigenvalue weighted by atomic mass is 35.5. The molecule has 0 radical (unpaired) electrons. The predicted octanol–water partition coefficient (Wildman–Crippen LogP) is 4.76. The molecule has 0 spiro atoms. The average Bonchev–Trinajstić information content (AvgIpc) is 2.56. The van der Waals surface area contributed by atoms with Crippen LogP contribution < -0.4 is 15.4 Å². The van der Waals surface area contributed by atoms with Crippen molar-refractivity contribution in [1.82, 2.24) is 5.32 Å². The number of carbonyl (C=O) groups is 1. The lowest BCUT2D eigenvalue weighted by Gasteiger charge is -2.26. The van der Waals surface area contributed by atoms with Gasteiger partial charge in [0.05, 0.1) is 7.11 Å². The minimum Gasteiger partial charge on any atom is -0.497 e. The van der Waals surface area contributed by atoms with E-state index >= 15 is 0 Å². The Labute approximate surface area is 148 Å². The quantitative estimate of drug-likeness (QED) is 0.820. The van der Waals surface area contributed by atoms with Crippen LogP contribution in [0, 0.1) is 6.92 Å². The van der Waals surface area contributed by atoms with Gasteiger partial charge in [-0.1, -0.05) is 37.6 Å². The molecule has 0 aliphatic heterocycles. The van der Waals surface area contributed by atoms with Gasteiger partial charge in [-0.25, -0.2) is 4.79 Å². The fourth-order valence-corrected chi connectivity index (χ4v) is 2.61. The Balaban J connectivity index is 1.96. The number of anilines is 1. The number of ether oxygens (including phenoxy) is 1. The number of rotatable bonds is 5. The van der Waals surface area contributed by atoms with Crippen molar-refractivity contribution in [2.24, 2.45) is 0 Å². The molecule has 2 amide bonds. The lowest BCUT2D eigenvalue weighted by atomic mass is 9.84. The number of hydrogen-bond donors (Lipinski definition) is 2. The summed E-state index contributed by atoms with van der Waals surface area (Å²) in [6, 6.07) is 13.0. The summed E-state index contributed by atoms with van der Waals surface area (Å²) in [4.78, 5) is 12.2. The second-order valence-corrected chi connectivity index (χ2v) is 6.82. The van der Waals surface area contributed by atoms with E-state index in [-0.39, 0.29) is 11.4 Å². The number of nitrogens with one attached hydrogen (secondary N) is 2. The number of benzene rings is 2. The van der Waals surface area contributed by atoms with Gasteiger partial charge in [-0.15, -0.1) is 0 Å². The molecular formula is C19H23ClN2O2. The van der Waals surface area contributed by atoms with Crippen molar-refractivity contribution < 1.29 is 9.53 Å². The van der Waals surface area contributed by atoms with E-state index in [1.165, 1.54) is 0 Å². The SMILES string of the molecule is COc1ccc(C(C)(C)CNC(=O)Nc2ccc(Cl)cc2C)cc1. The van der Waals surface area contributed by atoms with Crippen molar-refractivity contribution >= 4 is 23.3 Å². The molecule has 0 unspecified atom stereocenters. The van der Waals surface area contributed by atoms with Gasteiger partial charge in [0.2, 0.25) is 0 Å². The van der Waals surface area contributed by atoms with Crippen molar-refractivity contribution in [3.8, 4) is 5.75 Å². The molecule has 0 saturated carbocycles. The van der Waals surface area contributed by atoms with Crippen LogP contribution in [0.15, 0.2) is 42.5 Å². The molecule has 2 aromatic carbocycles. The summed E-state index contributed by atoms with van der Waals surface area (Å²) in [6.45, 7) is 6.59. The number of carbonyl (C=O) groups excluding carboxylic acids is 1. The summed E-state index contributed by atoms with van der Waals surface area (Å²) in [6.07, 6.45) is 0. The molecule has 2 N–H and O–H groups in total. The van der Waals surface area contributed by atoms with Crippen LogP contribution in [-0.2, 0) is 5.41 Å². The van der Waals surface area contributed by atoms with Crippen LogP contribution in [0.4, 0.5) is 10.5 Å². The van der Waals surface area contributed by atoms with Crippen molar-refractivity contribution in [3.05, 3.63) is 58.6 Å². The molecule has 0 fully saturated rings. The Kier molecular flexibility index (Phi) is 5.73. The fourth-order valence-electron chi connectivity index (χ4n) is 2.38. The molecular weight excluding hydrogens is 324 g/mol. The van der Waals surface area contributed by atoms with E-state index in [2.05, 4.69) is 24.5 Å². The van der Waals surface area contributed by atoms with Crippen molar-refractivity contribution in [2.45, 2.75) is 26.2 Å². The Bertz CT molecular complexity index is 712. The van der Waals surface area contributed by atoms with Gasteiger partial charge in [-0.05, 0) is 48.4 Å². The van der Waals surface area contributed by atoms with Gasteiger partial charge in [0.15, 0.2) is 0 Å². The number of methoxy groups -OCH3 is 1. The van der Waals surface area contributed by atoms with Crippen LogP contribution in [0.5, 0.6) is 5.75 Å².